The number of carbonyl (C=O) groups is 3. The summed E-state index contributed by atoms with van der Waals surface area (Å²) in [5, 5.41) is 16.4. The average Bonchev–Trinajstić information content (AvgIpc) is 3.37. The first-order chi connectivity index (χ1) is 15.2. The van der Waals surface area contributed by atoms with Crippen molar-refractivity contribution in [3.63, 3.8) is 0 Å². The predicted molar refractivity (Wildman–Crippen MR) is 127 cm³/mol. The zero-order chi connectivity index (χ0) is 23.6. The van der Waals surface area contributed by atoms with E-state index in [1.54, 1.807) is 16.7 Å². The number of likely N-dealkylation sites (tertiary alicyclic amines) is 1. The van der Waals surface area contributed by atoms with E-state index in [0.717, 1.165) is 32.1 Å². The van der Waals surface area contributed by atoms with Crippen LogP contribution in [0.4, 0.5) is 0 Å². The van der Waals surface area contributed by atoms with Crippen LogP contribution in [0, 0.1) is 17.8 Å². The van der Waals surface area contributed by atoms with E-state index < -0.39 is 28.7 Å². The van der Waals surface area contributed by atoms with Crippen molar-refractivity contribution in [1.82, 2.24) is 15.5 Å². The van der Waals surface area contributed by atoms with Gasteiger partial charge in [-0.2, -0.15) is 0 Å². The first-order valence-corrected chi connectivity index (χ1v) is 13.3. The summed E-state index contributed by atoms with van der Waals surface area (Å²) in [6.45, 7) is 10.6. The van der Waals surface area contributed by atoms with Crippen LogP contribution in [-0.2, 0) is 14.4 Å². The number of nitrogens with zero attached hydrogens (tertiary/aromatic N) is 1. The number of thioether (sulfide) groups is 1. The Bertz CT molecular complexity index is 717. The Labute approximate surface area is 196 Å². The molecular weight excluding hydrogens is 426 g/mol. The van der Waals surface area contributed by atoms with Crippen molar-refractivity contribution >= 4 is 29.5 Å². The molecule has 0 aromatic heterocycles. The standard InChI is InChI=1S/C24H41N3O4S/c1-6-8-15(5)26-22(30)20-24-10-9-17(32-24)18(21(29)25-11-7-2)19(24)23(31)27(20)16(13-28)12-14(3)4/h14-20,28H,6-13H2,1-5H3,(H,25,29)(H,26,30)/t15?,16-,17-,18+,19+,20?,24?/m1/s1. The second-order valence-electron chi connectivity index (χ2n) is 10.3. The molecule has 7 nitrogen and oxygen atoms in total. The van der Waals surface area contributed by atoms with Crippen LogP contribution < -0.4 is 10.6 Å². The van der Waals surface area contributed by atoms with Crippen molar-refractivity contribution in [1.29, 1.82) is 0 Å². The van der Waals surface area contributed by atoms with E-state index >= 15 is 0 Å². The molecular formula is C24H41N3O4S. The topological polar surface area (TPSA) is 98.7 Å². The Hall–Kier alpha value is -1.28. The smallest absolute Gasteiger partial charge is 0.244 e. The van der Waals surface area contributed by atoms with Gasteiger partial charge >= 0.3 is 0 Å². The molecule has 3 heterocycles. The maximum Gasteiger partial charge on any atom is 0.244 e. The van der Waals surface area contributed by atoms with Crippen molar-refractivity contribution in [2.24, 2.45) is 17.8 Å². The van der Waals surface area contributed by atoms with E-state index in [-0.39, 0.29) is 41.5 Å². The lowest BCUT2D eigenvalue weighted by Crippen LogP contribution is -2.57. The van der Waals surface area contributed by atoms with E-state index in [1.807, 2.05) is 13.8 Å². The fraction of sp³-hybridized carbons (Fsp3) is 0.875. The molecule has 0 aliphatic carbocycles. The van der Waals surface area contributed by atoms with Crippen LogP contribution in [0.3, 0.4) is 0 Å². The van der Waals surface area contributed by atoms with Gasteiger partial charge in [0.15, 0.2) is 0 Å². The summed E-state index contributed by atoms with van der Waals surface area (Å²) >= 11 is 1.68. The lowest BCUT2D eigenvalue weighted by molar-refractivity contribution is -0.143. The summed E-state index contributed by atoms with van der Waals surface area (Å²) in [4.78, 5) is 42.3. The summed E-state index contributed by atoms with van der Waals surface area (Å²) in [5.74, 6) is -0.950. The SMILES string of the molecule is CCCNC(=O)[C@@H]1[C@H]2C(=O)N([C@@H](CO)CC(C)C)C(C(=O)NC(C)CCC)C23CC[C@H]1S3. The molecule has 3 N–H and O–H groups in total. The van der Waals surface area contributed by atoms with E-state index in [0.29, 0.717) is 13.0 Å². The molecule has 3 saturated heterocycles. The predicted octanol–water partition coefficient (Wildman–Crippen LogP) is 2.32. The van der Waals surface area contributed by atoms with Gasteiger partial charge in [-0.3, -0.25) is 14.4 Å². The number of fused-ring (bicyclic) bond motifs is 1. The summed E-state index contributed by atoms with van der Waals surface area (Å²) < 4.78 is -0.587. The van der Waals surface area contributed by atoms with Crippen LogP contribution >= 0.6 is 11.8 Å². The summed E-state index contributed by atoms with van der Waals surface area (Å²) in [5.41, 5.74) is 0. The summed E-state index contributed by atoms with van der Waals surface area (Å²) in [7, 11) is 0. The highest BCUT2D eigenvalue weighted by atomic mass is 32.2. The van der Waals surface area contributed by atoms with E-state index in [1.165, 1.54) is 0 Å². The maximum atomic E-state index is 13.9. The zero-order valence-electron chi connectivity index (χ0n) is 20.2. The van der Waals surface area contributed by atoms with Gasteiger partial charge in [-0.05, 0) is 44.9 Å². The molecule has 182 valence electrons. The average molecular weight is 468 g/mol. The number of aliphatic hydroxyl groups excluding tert-OH is 1. The molecule has 3 aliphatic rings. The largest absolute Gasteiger partial charge is 0.394 e. The van der Waals surface area contributed by atoms with Gasteiger partial charge in [0.05, 0.1) is 29.2 Å². The Kier molecular flexibility index (Phi) is 8.18. The second kappa shape index (κ2) is 10.3. The Morgan fingerprint density at radius 3 is 2.53 bits per heavy atom. The minimum Gasteiger partial charge on any atom is -0.394 e. The second-order valence-corrected chi connectivity index (χ2v) is 11.9. The van der Waals surface area contributed by atoms with Gasteiger partial charge in [0, 0.05) is 17.8 Å². The Balaban J connectivity index is 1.98. The van der Waals surface area contributed by atoms with Crippen molar-refractivity contribution < 1.29 is 19.5 Å². The maximum absolute atomic E-state index is 13.9. The quantitative estimate of drug-likeness (QED) is 0.433. The van der Waals surface area contributed by atoms with Crippen LogP contribution in [0.25, 0.3) is 0 Å². The van der Waals surface area contributed by atoms with E-state index in [4.69, 9.17) is 0 Å². The highest BCUT2D eigenvalue weighted by Crippen LogP contribution is 2.66. The van der Waals surface area contributed by atoms with Crippen molar-refractivity contribution in [3.05, 3.63) is 0 Å². The third kappa shape index (κ3) is 4.41. The number of amides is 3. The highest BCUT2D eigenvalue weighted by molar-refractivity contribution is 8.02. The molecule has 3 unspecified atom stereocenters. The molecule has 3 fully saturated rings. The van der Waals surface area contributed by atoms with Gasteiger partial charge in [-0.15, -0.1) is 11.8 Å². The van der Waals surface area contributed by atoms with E-state index in [9.17, 15) is 19.5 Å². The molecule has 7 atom stereocenters. The van der Waals surface area contributed by atoms with Gasteiger partial charge in [-0.25, -0.2) is 0 Å². The first-order valence-electron chi connectivity index (χ1n) is 12.4. The summed E-state index contributed by atoms with van der Waals surface area (Å²) in [6, 6.07) is -1.04. The number of rotatable bonds is 11. The molecule has 0 saturated carbocycles. The van der Waals surface area contributed by atoms with Crippen molar-refractivity contribution in [2.75, 3.05) is 13.2 Å². The molecule has 32 heavy (non-hydrogen) atoms. The van der Waals surface area contributed by atoms with Gasteiger partial charge < -0.3 is 20.6 Å². The first kappa shape index (κ1) is 25.3. The third-order valence-corrected chi connectivity index (χ3v) is 9.25. The summed E-state index contributed by atoms with van der Waals surface area (Å²) in [6.07, 6.45) is 4.90. The Morgan fingerprint density at radius 1 is 1.22 bits per heavy atom. The van der Waals surface area contributed by atoms with Gasteiger partial charge in [0.25, 0.3) is 0 Å². The van der Waals surface area contributed by atoms with E-state index in [2.05, 4.69) is 31.4 Å². The molecule has 2 bridgehead atoms. The van der Waals surface area contributed by atoms with Gasteiger partial charge in [0.1, 0.15) is 6.04 Å². The highest BCUT2D eigenvalue weighted by Gasteiger charge is 2.74. The van der Waals surface area contributed by atoms with Crippen LogP contribution in [0.15, 0.2) is 0 Å². The molecule has 1 spiro atoms. The van der Waals surface area contributed by atoms with Crippen LogP contribution in [0.1, 0.15) is 73.1 Å². The van der Waals surface area contributed by atoms with Crippen LogP contribution in [0.5, 0.6) is 0 Å². The molecule has 3 aliphatic heterocycles. The van der Waals surface area contributed by atoms with Crippen LogP contribution in [-0.4, -0.2) is 69.0 Å². The Morgan fingerprint density at radius 2 is 1.94 bits per heavy atom. The monoisotopic (exact) mass is 467 g/mol. The number of hydrogen-bond donors (Lipinski definition) is 3. The van der Waals surface area contributed by atoms with Gasteiger partial charge in [-0.1, -0.05) is 34.1 Å². The number of carbonyl (C=O) groups excluding carboxylic acids is 3. The molecule has 8 heteroatoms. The third-order valence-electron chi connectivity index (χ3n) is 7.30. The normalized spacial score (nSPS) is 32.8. The van der Waals surface area contributed by atoms with Crippen molar-refractivity contribution in [2.45, 2.75) is 101 Å². The fourth-order valence-electron chi connectivity index (χ4n) is 6.10. The molecule has 3 rings (SSSR count). The fourth-order valence-corrected chi connectivity index (χ4v) is 8.30. The lowest BCUT2D eigenvalue weighted by atomic mass is 9.70. The molecule has 3 amide bonds. The van der Waals surface area contributed by atoms with Crippen LogP contribution in [0.2, 0.25) is 0 Å². The minimum absolute atomic E-state index is 0.0184. The molecule has 0 aromatic rings. The number of nitrogens with one attached hydrogen (secondary N) is 2. The number of aliphatic hydroxyl groups is 1. The van der Waals surface area contributed by atoms with Crippen molar-refractivity contribution in [3.8, 4) is 0 Å². The lowest BCUT2D eigenvalue weighted by Gasteiger charge is -2.38. The minimum atomic E-state index is -0.644. The number of hydrogen-bond acceptors (Lipinski definition) is 5. The molecule has 0 radical (unpaired) electrons. The molecule has 0 aromatic carbocycles. The van der Waals surface area contributed by atoms with Gasteiger partial charge in [0.2, 0.25) is 17.7 Å². The zero-order valence-corrected chi connectivity index (χ0v) is 21.0.